The van der Waals surface area contributed by atoms with Crippen LogP contribution in [0.25, 0.3) is 0 Å². The summed E-state index contributed by atoms with van der Waals surface area (Å²) in [7, 11) is 1.49. The molecule has 1 rings (SSSR count). The molecule has 0 N–H and O–H groups in total. The van der Waals surface area contributed by atoms with Crippen molar-refractivity contribution >= 4 is 11.1 Å². The number of rotatable bonds is 2. The third-order valence-electron chi connectivity index (χ3n) is 1.23. The predicted octanol–water partition coefficient (Wildman–Crippen LogP) is -2.06. The summed E-state index contributed by atoms with van der Waals surface area (Å²) in [5.41, 5.74) is 0. The predicted molar refractivity (Wildman–Crippen MR) is 40.2 cm³/mol. The molecule has 0 aliphatic rings. The molecule has 0 bridgehead atoms. The Morgan fingerprint density at radius 1 is 1.50 bits per heavy atom. The van der Waals surface area contributed by atoms with E-state index in [1.54, 1.807) is 12.1 Å². The SMILES string of the molecule is COc1cccc(S(=O)[O-])c1.[Li+]. The van der Waals surface area contributed by atoms with Gasteiger partial charge < -0.3 is 9.29 Å². The van der Waals surface area contributed by atoms with E-state index < -0.39 is 11.1 Å². The second-order valence-corrected chi connectivity index (χ2v) is 2.85. The molecular formula is C7H7LiO3S. The molecule has 0 radical (unpaired) electrons. The Balaban J connectivity index is 0.00000121. The molecule has 1 unspecified atom stereocenters. The average Bonchev–Trinajstić information content (AvgIpc) is 2.05. The normalized spacial score (nSPS) is 11.5. The summed E-state index contributed by atoms with van der Waals surface area (Å²) in [4.78, 5) is 0.240. The van der Waals surface area contributed by atoms with Gasteiger partial charge in [-0.1, -0.05) is 6.07 Å². The Labute approximate surface area is 85.6 Å². The van der Waals surface area contributed by atoms with E-state index in [0.717, 1.165) is 0 Å². The van der Waals surface area contributed by atoms with Gasteiger partial charge in [0, 0.05) is 4.90 Å². The Morgan fingerprint density at radius 3 is 2.67 bits per heavy atom. The monoisotopic (exact) mass is 178 g/mol. The molecule has 0 fully saturated rings. The first-order valence-corrected chi connectivity index (χ1v) is 4.05. The summed E-state index contributed by atoms with van der Waals surface area (Å²) in [5, 5.41) is 0. The third-order valence-corrected chi connectivity index (χ3v) is 1.87. The maximum atomic E-state index is 10.4. The fourth-order valence-electron chi connectivity index (χ4n) is 0.705. The van der Waals surface area contributed by atoms with Gasteiger partial charge in [0.25, 0.3) is 0 Å². The van der Waals surface area contributed by atoms with Crippen molar-refractivity contribution in [3.05, 3.63) is 24.3 Å². The van der Waals surface area contributed by atoms with Gasteiger partial charge in [0.05, 0.1) is 7.11 Å². The van der Waals surface area contributed by atoms with Crippen LogP contribution in [0, 0.1) is 0 Å². The standard InChI is InChI=1S/C7H8O3S.Li/c1-10-6-3-2-4-7(5-6)11(8)9;/h2-5H,1H3,(H,8,9);/q;+1/p-1. The van der Waals surface area contributed by atoms with Crippen LogP contribution in [0.2, 0.25) is 0 Å². The van der Waals surface area contributed by atoms with E-state index in [4.69, 9.17) is 4.74 Å². The number of methoxy groups -OCH3 is 1. The topological polar surface area (TPSA) is 49.4 Å². The van der Waals surface area contributed by atoms with Gasteiger partial charge in [0.2, 0.25) is 0 Å². The number of ether oxygens (including phenoxy) is 1. The summed E-state index contributed by atoms with van der Waals surface area (Å²) in [6, 6.07) is 6.29. The molecule has 0 saturated carbocycles. The molecule has 1 aromatic rings. The zero-order valence-corrected chi connectivity index (χ0v) is 7.76. The maximum Gasteiger partial charge on any atom is 1.00 e. The molecule has 1 atom stereocenters. The van der Waals surface area contributed by atoms with Crippen molar-refractivity contribution in [2.75, 3.05) is 7.11 Å². The quantitative estimate of drug-likeness (QED) is 0.386. The first kappa shape index (κ1) is 11.7. The van der Waals surface area contributed by atoms with Gasteiger partial charge in [-0.2, -0.15) is 0 Å². The van der Waals surface area contributed by atoms with Gasteiger partial charge in [-0.15, -0.1) is 0 Å². The minimum absolute atomic E-state index is 0. The zero-order valence-electron chi connectivity index (χ0n) is 6.94. The van der Waals surface area contributed by atoms with Crippen LogP contribution in [0.4, 0.5) is 0 Å². The van der Waals surface area contributed by atoms with E-state index in [0.29, 0.717) is 5.75 Å². The van der Waals surface area contributed by atoms with E-state index in [1.807, 2.05) is 0 Å². The van der Waals surface area contributed by atoms with Gasteiger partial charge >= 0.3 is 18.9 Å². The van der Waals surface area contributed by atoms with Crippen molar-refractivity contribution in [1.82, 2.24) is 0 Å². The Kier molecular flexibility index (Phi) is 5.26. The second-order valence-electron chi connectivity index (χ2n) is 1.91. The van der Waals surface area contributed by atoms with Crippen molar-refractivity contribution in [3.8, 4) is 5.75 Å². The summed E-state index contributed by atoms with van der Waals surface area (Å²) >= 11 is -2.17. The molecule has 0 aliphatic carbocycles. The van der Waals surface area contributed by atoms with Crippen LogP contribution in [0.3, 0.4) is 0 Å². The molecule has 3 nitrogen and oxygen atoms in total. The summed E-state index contributed by atoms with van der Waals surface area (Å²) < 4.78 is 25.7. The molecule has 1 aromatic carbocycles. The fourth-order valence-corrected chi connectivity index (χ4v) is 1.11. The molecule has 5 heteroatoms. The zero-order chi connectivity index (χ0) is 8.27. The average molecular weight is 178 g/mol. The molecule has 0 saturated heterocycles. The van der Waals surface area contributed by atoms with Gasteiger partial charge in [0.1, 0.15) is 5.75 Å². The second kappa shape index (κ2) is 5.39. The van der Waals surface area contributed by atoms with Crippen molar-refractivity contribution in [1.29, 1.82) is 0 Å². The molecule has 0 spiro atoms. The van der Waals surface area contributed by atoms with Crippen LogP contribution in [0.15, 0.2) is 29.2 Å². The van der Waals surface area contributed by atoms with Gasteiger partial charge in [-0.05, 0) is 29.3 Å². The number of hydrogen-bond acceptors (Lipinski definition) is 3. The van der Waals surface area contributed by atoms with E-state index in [1.165, 1.54) is 19.2 Å². The molecule has 0 amide bonds. The van der Waals surface area contributed by atoms with E-state index in [9.17, 15) is 8.76 Å². The van der Waals surface area contributed by atoms with E-state index >= 15 is 0 Å². The smallest absolute Gasteiger partial charge is 0.768 e. The van der Waals surface area contributed by atoms with E-state index in [-0.39, 0.29) is 23.8 Å². The molecule has 0 aromatic heterocycles. The van der Waals surface area contributed by atoms with Crippen molar-refractivity contribution in [3.63, 3.8) is 0 Å². The van der Waals surface area contributed by atoms with Crippen LogP contribution in [-0.2, 0) is 11.1 Å². The Bertz CT molecular complexity index is 277. The van der Waals surface area contributed by atoms with Crippen LogP contribution in [-0.4, -0.2) is 15.9 Å². The first-order chi connectivity index (χ1) is 5.24. The minimum atomic E-state index is -2.17. The summed E-state index contributed by atoms with van der Waals surface area (Å²) in [5.74, 6) is 0.548. The van der Waals surface area contributed by atoms with Gasteiger partial charge in [0.15, 0.2) is 0 Å². The number of hydrogen-bond donors (Lipinski definition) is 0. The summed E-state index contributed by atoms with van der Waals surface area (Å²) in [6.07, 6.45) is 0. The molecule has 0 aliphatic heterocycles. The largest absolute Gasteiger partial charge is 1.00 e. The number of benzene rings is 1. The van der Waals surface area contributed by atoms with Gasteiger partial charge in [-0.25, -0.2) is 0 Å². The maximum absolute atomic E-state index is 10.4. The van der Waals surface area contributed by atoms with Crippen LogP contribution in [0.5, 0.6) is 5.75 Å². The molecular weight excluding hydrogens is 171 g/mol. The molecule has 60 valence electrons. The van der Waals surface area contributed by atoms with Crippen LogP contribution < -0.4 is 23.6 Å². The fraction of sp³-hybridized carbons (Fsp3) is 0.143. The minimum Gasteiger partial charge on any atom is -0.768 e. The van der Waals surface area contributed by atoms with Crippen molar-refractivity contribution < 1.29 is 32.4 Å². The van der Waals surface area contributed by atoms with Crippen LogP contribution >= 0.6 is 0 Å². The Hall–Kier alpha value is -0.273. The first-order valence-electron chi connectivity index (χ1n) is 2.97. The van der Waals surface area contributed by atoms with Crippen LogP contribution in [0.1, 0.15) is 0 Å². The van der Waals surface area contributed by atoms with Crippen molar-refractivity contribution in [2.24, 2.45) is 0 Å². The van der Waals surface area contributed by atoms with Gasteiger partial charge in [-0.3, -0.25) is 4.21 Å². The molecule has 12 heavy (non-hydrogen) atoms. The summed E-state index contributed by atoms with van der Waals surface area (Å²) in [6.45, 7) is 0. The molecule has 0 heterocycles. The van der Waals surface area contributed by atoms with E-state index in [2.05, 4.69) is 0 Å². The van der Waals surface area contributed by atoms with Crippen molar-refractivity contribution in [2.45, 2.75) is 4.90 Å². The Morgan fingerprint density at radius 2 is 2.17 bits per heavy atom. The third kappa shape index (κ3) is 3.00.